The lowest BCUT2D eigenvalue weighted by Gasteiger charge is -2.26. The van der Waals surface area contributed by atoms with Gasteiger partial charge in [-0.1, -0.05) is 48.5 Å². The lowest BCUT2D eigenvalue weighted by Crippen LogP contribution is -2.52. The van der Waals surface area contributed by atoms with E-state index in [1.165, 1.54) is 6.92 Å². The maximum Gasteiger partial charge on any atom is 0.407 e. The van der Waals surface area contributed by atoms with Gasteiger partial charge in [-0.3, -0.25) is 9.59 Å². The number of benzene rings is 2. The van der Waals surface area contributed by atoms with E-state index in [9.17, 15) is 24.0 Å². The molecule has 0 aliphatic heterocycles. The number of carbonyl (C=O) groups is 5. The summed E-state index contributed by atoms with van der Waals surface area (Å²) in [4.78, 5) is 63.4. The number of rotatable bonds is 16. The van der Waals surface area contributed by atoms with Crippen LogP contribution in [0.1, 0.15) is 104 Å². The molecule has 0 saturated heterocycles. The first-order valence-electron chi connectivity index (χ1n) is 17.4. The summed E-state index contributed by atoms with van der Waals surface area (Å²) >= 11 is 0. The highest BCUT2D eigenvalue weighted by Crippen LogP contribution is 2.44. The SMILES string of the molecule is CC(=O)NCCCCC(NC(=O)C(CCCCNC(=O)OC(C)(C)C)NC(=O)OCC1c2ccccc2-c2ccccc21)C(=O)OC(C)(C)C. The second-order valence-corrected chi connectivity index (χ2v) is 14.5. The molecule has 0 heterocycles. The second kappa shape index (κ2) is 18.4. The monoisotopic (exact) mass is 694 g/mol. The van der Waals surface area contributed by atoms with Crippen LogP contribution in [0.4, 0.5) is 9.59 Å². The molecular weight excluding hydrogens is 640 g/mol. The quantitative estimate of drug-likeness (QED) is 0.0986. The summed E-state index contributed by atoms with van der Waals surface area (Å²) in [6.07, 6.45) is 1.30. The summed E-state index contributed by atoms with van der Waals surface area (Å²) in [7, 11) is 0. The Hall–Kier alpha value is -4.61. The van der Waals surface area contributed by atoms with Crippen molar-refractivity contribution in [2.75, 3.05) is 19.7 Å². The van der Waals surface area contributed by atoms with E-state index >= 15 is 0 Å². The number of unbranched alkanes of at least 4 members (excludes halogenated alkanes) is 2. The van der Waals surface area contributed by atoms with Gasteiger partial charge in [-0.15, -0.1) is 0 Å². The van der Waals surface area contributed by atoms with Crippen molar-refractivity contribution < 1.29 is 38.2 Å². The molecule has 4 N–H and O–H groups in total. The second-order valence-electron chi connectivity index (χ2n) is 14.5. The molecule has 0 spiro atoms. The predicted octanol–water partition coefficient (Wildman–Crippen LogP) is 5.72. The third kappa shape index (κ3) is 13.4. The van der Waals surface area contributed by atoms with E-state index in [4.69, 9.17) is 14.2 Å². The van der Waals surface area contributed by atoms with Crippen molar-refractivity contribution in [3.63, 3.8) is 0 Å². The van der Waals surface area contributed by atoms with Gasteiger partial charge in [-0.25, -0.2) is 14.4 Å². The van der Waals surface area contributed by atoms with Crippen molar-refractivity contribution in [1.29, 1.82) is 0 Å². The first kappa shape index (κ1) is 39.8. The molecule has 0 saturated carbocycles. The lowest BCUT2D eigenvalue weighted by atomic mass is 9.98. The molecule has 3 rings (SSSR count). The van der Waals surface area contributed by atoms with Crippen LogP contribution in [0.15, 0.2) is 48.5 Å². The first-order valence-corrected chi connectivity index (χ1v) is 17.4. The van der Waals surface area contributed by atoms with Crippen LogP contribution >= 0.6 is 0 Å². The normalized spacial score (nSPS) is 13.6. The molecule has 2 atom stereocenters. The van der Waals surface area contributed by atoms with Gasteiger partial charge in [0.15, 0.2) is 0 Å². The molecular formula is C38H54N4O8. The Bertz CT molecular complexity index is 1430. The van der Waals surface area contributed by atoms with Crippen LogP contribution < -0.4 is 21.3 Å². The van der Waals surface area contributed by atoms with Crippen LogP contribution in [0.5, 0.6) is 0 Å². The fraction of sp³-hybridized carbons (Fsp3) is 0.553. The van der Waals surface area contributed by atoms with Crippen LogP contribution in [0.25, 0.3) is 11.1 Å². The van der Waals surface area contributed by atoms with Gasteiger partial charge in [0, 0.05) is 25.9 Å². The van der Waals surface area contributed by atoms with Gasteiger partial charge in [0.2, 0.25) is 11.8 Å². The number of carbonyl (C=O) groups excluding carboxylic acids is 5. The number of hydrogen-bond donors (Lipinski definition) is 4. The number of ether oxygens (including phenoxy) is 3. The molecule has 1 aliphatic carbocycles. The van der Waals surface area contributed by atoms with Crippen molar-refractivity contribution in [3.05, 3.63) is 59.7 Å². The highest BCUT2D eigenvalue weighted by molar-refractivity contribution is 5.89. The Morgan fingerprint density at radius 2 is 1.18 bits per heavy atom. The maximum atomic E-state index is 13.7. The number of esters is 1. The fourth-order valence-electron chi connectivity index (χ4n) is 5.66. The summed E-state index contributed by atoms with van der Waals surface area (Å²) < 4.78 is 16.6. The average Bonchev–Trinajstić information content (AvgIpc) is 3.34. The van der Waals surface area contributed by atoms with Gasteiger partial charge in [-0.05, 0) is 102 Å². The summed E-state index contributed by atoms with van der Waals surface area (Å²) in [5.74, 6) is -1.46. The Balaban J connectivity index is 1.68. The average molecular weight is 695 g/mol. The van der Waals surface area contributed by atoms with Gasteiger partial charge in [0.05, 0.1) is 0 Å². The van der Waals surface area contributed by atoms with Crippen LogP contribution in [-0.4, -0.2) is 73.0 Å². The van der Waals surface area contributed by atoms with Crippen LogP contribution in [0, 0.1) is 0 Å². The predicted molar refractivity (Wildman–Crippen MR) is 190 cm³/mol. The number of fused-ring (bicyclic) bond motifs is 3. The highest BCUT2D eigenvalue weighted by atomic mass is 16.6. The molecule has 0 fully saturated rings. The number of nitrogens with one attached hydrogen (secondary N) is 4. The summed E-state index contributed by atoms with van der Waals surface area (Å²) in [5, 5.41) is 10.9. The minimum atomic E-state index is -1.03. The maximum absolute atomic E-state index is 13.7. The molecule has 0 aromatic heterocycles. The van der Waals surface area contributed by atoms with E-state index in [1.807, 2.05) is 48.5 Å². The Kier molecular flexibility index (Phi) is 14.7. The van der Waals surface area contributed by atoms with Crippen molar-refractivity contribution >= 4 is 30.0 Å². The van der Waals surface area contributed by atoms with Gasteiger partial charge in [0.25, 0.3) is 0 Å². The Morgan fingerprint density at radius 3 is 1.72 bits per heavy atom. The zero-order valence-electron chi connectivity index (χ0n) is 30.5. The van der Waals surface area contributed by atoms with E-state index in [0.29, 0.717) is 38.8 Å². The number of amides is 4. The minimum absolute atomic E-state index is 0.0723. The zero-order valence-corrected chi connectivity index (χ0v) is 30.5. The Labute approximate surface area is 295 Å². The first-order chi connectivity index (χ1) is 23.5. The van der Waals surface area contributed by atoms with Gasteiger partial charge < -0.3 is 35.5 Å². The molecule has 0 radical (unpaired) electrons. The van der Waals surface area contributed by atoms with Crippen LogP contribution in [0.3, 0.4) is 0 Å². The zero-order chi connectivity index (χ0) is 36.9. The molecule has 2 aromatic carbocycles. The van der Waals surface area contributed by atoms with E-state index in [-0.39, 0.29) is 31.3 Å². The van der Waals surface area contributed by atoms with Crippen molar-refractivity contribution in [2.45, 2.75) is 116 Å². The number of hydrogen-bond acceptors (Lipinski definition) is 8. The summed E-state index contributed by atoms with van der Waals surface area (Å²) in [6, 6.07) is 14.0. The Morgan fingerprint density at radius 1 is 0.660 bits per heavy atom. The third-order valence-electron chi connectivity index (χ3n) is 7.84. The van der Waals surface area contributed by atoms with E-state index in [0.717, 1.165) is 22.3 Å². The van der Waals surface area contributed by atoms with Crippen molar-refractivity contribution in [2.24, 2.45) is 0 Å². The highest BCUT2D eigenvalue weighted by Gasteiger charge is 2.32. The number of alkyl carbamates (subject to hydrolysis) is 2. The standard InChI is InChI=1S/C38H54N4O8/c1-25(43)39-22-14-13-21-32(34(45)49-37(2,3)4)41-33(44)31(20-12-15-23-40-35(46)50-38(5,6)7)42-36(47)48-24-30-28-18-10-8-16-26(28)27-17-9-11-19-29(27)30/h8-11,16-19,30-32H,12-15,20-24H2,1-7H3,(H,39,43)(H,40,46)(H,41,44)(H,42,47). The van der Waals surface area contributed by atoms with E-state index in [1.54, 1.807) is 41.5 Å². The van der Waals surface area contributed by atoms with Crippen molar-refractivity contribution in [1.82, 2.24) is 21.3 Å². The smallest absolute Gasteiger partial charge is 0.407 e. The van der Waals surface area contributed by atoms with E-state index in [2.05, 4.69) is 21.3 Å². The molecule has 12 nitrogen and oxygen atoms in total. The summed E-state index contributed by atoms with van der Waals surface area (Å²) in [5.41, 5.74) is 2.91. The van der Waals surface area contributed by atoms with Gasteiger partial charge >= 0.3 is 18.2 Å². The minimum Gasteiger partial charge on any atom is -0.458 e. The van der Waals surface area contributed by atoms with Gasteiger partial charge in [0.1, 0.15) is 29.9 Å². The molecule has 2 unspecified atom stereocenters. The lowest BCUT2D eigenvalue weighted by molar-refractivity contribution is -0.159. The molecule has 1 aliphatic rings. The molecule has 0 bridgehead atoms. The molecule has 2 aromatic rings. The summed E-state index contributed by atoms with van der Waals surface area (Å²) in [6.45, 7) is 12.8. The molecule has 12 heteroatoms. The topological polar surface area (TPSA) is 161 Å². The molecule has 274 valence electrons. The largest absolute Gasteiger partial charge is 0.458 e. The van der Waals surface area contributed by atoms with Gasteiger partial charge in [-0.2, -0.15) is 0 Å². The molecule has 4 amide bonds. The van der Waals surface area contributed by atoms with Crippen LogP contribution in [0.2, 0.25) is 0 Å². The third-order valence-corrected chi connectivity index (χ3v) is 7.84. The molecule has 50 heavy (non-hydrogen) atoms. The van der Waals surface area contributed by atoms with Crippen molar-refractivity contribution in [3.8, 4) is 11.1 Å². The van der Waals surface area contributed by atoms with E-state index < -0.39 is 47.3 Å². The fourth-order valence-corrected chi connectivity index (χ4v) is 5.66. The van der Waals surface area contributed by atoms with Crippen LogP contribution in [-0.2, 0) is 28.6 Å².